The van der Waals surface area contributed by atoms with E-state index in [4.69, 9.17) is 14.3 Å². The van der Waals surface area contributed by atoms with Crippen molar-refractivity contribution < 1.29 is 23.9 Å². The van der Waals surface area contributed by atoms with E-state index in [-0.39, 0.29) is 34.8 Å². The standard InChI is InChI=1S/C23H29NO2.C22H29N.C20H24O.CO2/c1-23(2,3)19-12-10-18(11-13-19)20-15-24(16-21(20)22(25)26-4)14-17-8-6-5-7-9-17;1-17-14-23(15-18-9-6-5-7-10-18)16-21(17)19-11-8-12-20(13-19)22(2,3)4;1-16(2)19-10-6-9-18(15-19)12-14-20(21)13-11-17-7-4-3-5-8-17;2-1-3/h5-13,20-21H,14-16H2,1-4H3;5-13,17,21H,14-16H2,1-4H3;3-10,15-16H,11-14H2,1-2H3;/t20?,21-;17-,21?;;/m00../s1. The summed E-state index contributed by atoms with van der Waals surface area (Å²) < 4.78 is 5.10. The van der Waals surface area contributed by atoms with E-state index < -0.39 is 0 Å². The molecule has 0 bridgehead atoms. The maximum Gasteiger partial charge on any atom is 0.373 e. The molecule has 6 aromatic rings. The lowest BCUT2D eigenvalue weighted by molar-refractivity contribution is -0.191. The van der Waals surface area contributed by atoms with Crippen molar-refractivity contribution in [3.8, 4) is 0 Å². The van der Waals surface area contributed by atoms with Crippen molar-refractivity contribution in [1.29, 1.82) is 0 Å². The zero-order valence-corrected chi connectivity index (χ0v) is 45.5. The van der Waals surface area contributed by atoms with Crippen LogP contribution in [0.15, 0.2) is 164 Å². The van der Waals surface area contributed by atoms with Gasteiger partial charge in [-0.1, -0.05) is 226 Å². The van der Waals surface area contributed by atoms with Crippen molar-refractivity contribution in [1.82, 2.24) is 9.80 Å². The van der Waals surface area contributed by atoms with Crippen LogP contribution in [0.25, 0.3) is 0 Å². The molecule has 2 heterocycles. The molecule has 6 aromatic carbocycles. The number of hydrogen-bond acceptors (Lipinski definition) is 7. The number of rotatable bonds is 14. The predicted molar refractivity (Wildman–Crippen MR) is 298 cm³/mol. The molecule has 8 rings (SSSR count). The van der Waals surface area contributed by atoms with Gasteiger partial charge in [-0.15, -0.1) is 0 Å². The Balaban J connectivity index is 0.000000199. The van der Waals surface area contributed by atoms with Gasteiger partial charge in [-0.2, -0.15) is 9.59 Å². The normalized spacial score (nSPS) is 17.7. The van der Waals surface area contributed by atoms with E-state index in [0.717, 1.165) is 39.0 Å². The zero-order chi connectivity index (χ0) is 53.0. The molecule has 7 nitrogen and oxygen atoms in total. The highest BCUT2D eigenvalue weighted by molar-refractivity contribution is 5.79. The Bertz CT molecular complexity index is 2610. The Morgan fingerprint density at radius 3 is 1.55 bits per heavy atom. The third kappa shape index (κ3) is 18.6. The summed E-state index contributed by atoms with van der Waals surface area (Å²) in [5, 5.41) is 0. The van der Waals surface area contributed by atoms with E-state index in [1.54, 1.807) is 0 Å². The summed E-state index contributed by atoms with van der Waals surface area (Å²) in [5.41, 5.74) is 12.4. The predicted octanol–water partition coefficient (Wildman–Crippen LogP) is 14.0. The van der Waals surface area contributed by atoms with E-state index >= 15 is 0 Å². The fourth-order valence-corrected chi connectivity index (χ4v) is 9.97. The molecule has 0 spiro atoms. The molecule has 0 radical (unpaired) electrons. The second kappa shape index (κ2) is 28.3. The largest absolute Gasteiger partial charge is 0.469 e. The number of ketones is 1. The van der Waals surface area contributed by atoms with E-state index in [2.05, 4.69) is 212 Å². The highest BCUT2D eigenvalue weighted by Gasteiger charge is 2.39. The number of hydrogen-bond donors (Lipinski definition) is 0. The minimum atomic E-state index is -0.107. The minimum absolute atomic E-state index is 0.106. The van der Waals surface area contributed by atoms with Crippen LogP contribution in [0, 0.1) is 11.8 Å². The number of aryl methyl sites for hydroxylation is 2. The van der Waals surface area contributed by atoms with Crippen LogP contribution in [0.5, 0.6) is 0 Å². The molecule has 4 atom stereocenters. The maximum absolute atomic E-state index is 12.4. The molecule has 0 aromatic heterocycles. The Kier molecular flexibility index (Phi) is 22.3. The number of carbonyl (C=O) groups is 2. The Hall–Kier alpha value is -6.24. The molecular weight excluding hydrogens is 901 g/mol. The quantitative estimate of drug-likeness (QED) is 0.101. The number of nitrogens with zero attached hydrogens (tertiary/aromatic N) is 2. The average Bonchev–Trinajstić information content (AvgIpc) is 3.98. The molecule has 2 aliphatic heterocycles. The molecule has 386 valence electrons. The number of likely N-dealkylation sites (tertiary alicyclic amines) is 2. The summed E-state index contributed by atoms with van der Waals surface area (Å²) in [7, 11) is 1.49. The van der Waals surface area contributed by atoms with Gasteiger partial charge in [0.25, 0.3) is 0 Å². The maximum atomic E-state index is 12.4. The fourth-order valence-electron chi connectivity index (χ4n) is 9.97. The topological polar surface area (TPSA) is 84.0 Å². The number of esters is 1. The first-order chi connectivity index (χ1) is 34.9. The Morgan fingerprint density at radius 2 is 1.03 bits per heavy atom. The van der Waals surface area contributed by atoms with Gasteiger partial charge in [0.15, 0.2) is 0 Å². The van der Waals surface area contributed by atoms with Gasteiger partial charge in [0.1, 0.15) is 5.78 Å². The summed E-state index contributed by atoms with van der Waals surface area (Å²) in [6.45, 7) is 26.3. The molecule has 2 fully saturated rings. The lowest BCUT2D eigenvalue weighted by Gasteiger charge is -2.22. The summed E-state index contributed by atoms with van der Waals surface area (Å²) in [5.74, 6) is 2.23. The molecule has 73 heavy (non-hydrogen) atoms. The van der Waals surface area contributed by atoms with E-state index in [0.29, 0.717) is 36.4 Å². The van der Waals surface area contributed by atoms with Gasteiger partial charge in [-0.3, -0.25) is 19.4 Å². The van der Waals surface area contributed by atoms with E-state index in [9.17, 15) is 9.59 Å². The summed E-state index contributed by atoms with van der Waals surface area (Å²) in [4.78, 5) is 45.6. The van der Waals surface area contributed by atoms with Gasteiger partial charge in [0, 0.05) is 63.9 Å². The number of ether oxygens (including phenoxy) is 1. The monoisotopic (exact) mass is 983 g/mol. The Morgan fingerprint density at radius 1 is 0.548 bits per heavy atom. The molecular formula is C66H82N2O5. The number of benzene rings is 6. The van der Waals surface area contributed by atoms with Crippen LogP contribution in [0.3, 0.4) is 0 Å². The zero-order valence-electron chi connectivity index (χ0n) is 45.5. The second-order valence-electron chi connectivity index (χ2n) is 22.4. The summed E-state index contributed by atoms with van der Waals surface area (Å²) in [6, 6.07) is 58.1. The highest BCUT2D eigenvalue weighted by Crippen LogP contribution is 2.37. The smallest absolute Gasteiger partial charge is 0.373 e. The van der Waals surface area contributed by atoms with Gasteiger partial charge in [-0.05, 0) is 85.6 Å². The number of methoxy groups -OCH3 is 1. The van der Waals surface area contributed by atoms with Gasteiger partial charge in [0.05, 0.1) is 13.0 Å². The van der Waals surface area contributed by atoms with E-state index in [1.807, 2.05) is 24.3 Å². The summed E-state index contributed by atoms with van der Waals surface area (Å²) >= 11 is 0. The van der Waals surface area contributed by atoms with Crippen molar-refractivity contribution in [3.05, 3.63) is 214 Å². The van der Waals surface area contributed by atoms with Crippen molar-refractivity contribution in [3.63, 3.8) is 0 Å². The lowest BCUT2D eigenvalue weighted by atomic mass is 9.83. The highest BCUT2D eigenvalue weighted by atomic mass is 16.5. The van der Waals surface area contributed by atoms with Crippen LogP contribution in [0.1, 0.15) is 143 Å². The first kappa shape index (κ1) is 57.7. The fraction of sp³-hybridized carbons (Fsp3) is 0.409. The molecule has 0 saturated carbocycles. The van der Waals surface area contributed by atoms with Crippen LogP contribution in [0.2, 0.25) is 0 Å². The van der Waals surface area contributed by atoms with Gasteiger partial charge in [-0.25, -0.2) is 0 Å². The number of Topliss-reactive ketones (excluding diaryl/α,β-unsaturated/α-hetero) is 1. The molecule has 7 heteroatoms. The average molecular weight is 983 g/mol. The van der Waals surface area contributed by atoms with E-state index in [1.165, 1.54) is 70.3 Å². The van der Waals surface area contributed by atoms with Gasteiger partial charge >= 0.3 is 12.1 Å². The van der Waals surface area contributed by atoms with Crippen molar-refractivity contribution in [2.45, 2.75) is 130 Å². The lowest BCUT2D eigenvalue weighted by Crippen LogP contribution is -2.24. The SMILES string of the molecule is CC(C)c1cccc(CCC(=O)CCc2ccccc2)c1.COC(=O)[C@H]1CN(Cc2ccccc2)CC1c1ccc(C(C)(C)C)cc1.C[C@H]1CN(Cc2ccccc2)CC1c1cccc(C(C)(C)C)c1.O=C=O. The third-order valence-electron chi connectivity index (χ3n) is 14.3. The minimum Gasteiger partial charge on any atom is -0.469 e. The van der Waals surface area contributed by atoms with Crippen LogP contribution in [-0.2, 0) is 60.7 Å². The second-order valence-corrected chi connectivity index (χ2v) is 22.4. The third-order valence-corrected chi connectivity index (χ3v) is 14.3. The van der Waals surface area contributed by atoms with Crippen molar-refractivity contribution in [2.75, 3.05) is 33.3 Å². The van der Waals surface area contributed by atoms with Crippen molar-refractivity contribution >= 4 is 17.9 Å². The number of carbonyl (C=O) groups excluding carboxylic acids is 4. The summed E-state index contributed by atoms with van der Waals surface area (Å²) in [6.07, 6.45) is 3.25. The van der Waals surface area contributed by atoms with Crippen LogP contribution in [0.4, 0.5) is 0 Å². The molecule has 0 aliphatic carbocycles. The molecule has 0 N–H and O–H groups in total. The molecule has 2 unspecified atom stereocenters. The molecule has 0 amide bonds. The van der Waals surface area contributed by atoms with Crippen molar-refractivity contribution in [2.24, 2.45) is 11.8 Å². The van der Waals surface area contributed by atoms with Crippen LogP contribution in [-0.4, -0.2) is 61.0 Å². The first-order valence-corrected chi connectivity index (χ1v) is 26.3. The van der Waals surface area contributed by atoms with Crippen LogP contribution >= 0.6 is 0 Å². The van der Waals surface area contributed by atoms with Gasteiger partial charge in [0.2, 0.25) is 0 Å². The first-order valence-electron chi connectivity index (χ1n) is 26.3. The Labute approximate surface area is 438 Å². The molecule has 2 aliphatic rings. The van der Waals surface area contributed by atoms with Crippen LogP contribution < -0.4 is 0 Å². The molecule has 2 saturated heterocycles. The van der Waals surface area contributed by atoms with Gasteiger partial charge < -0.3 is 4.74 Å².